The zero-order chi connectivity index (χ0) is 13.0. The van der Waals surface area contributed by atoms with Gasteiger partial charge in [0.15, 0.2) is 0 Å². The lowest BCUT2D eigenvalue weighted by Gasteiger charge is -2.13. The van der Waals surface area contributed by atoms with Crippen LogP contribution in [0.2, 0.25) is 0 Å². The number of nitrogens with zero attached hydrogens (tertiary/aromatic N) is 1. The summed E-state index contributed by atoms with van der Waals surface area (Å²) in [6.07, 6.45) is 0. The lowest BCUT2D eigenvalue weighted by molar-refractivity contribution is -0.384. The summed E-state index contributed by atoms with van der Waals surface area (Å²) in [5.41, 5.74) is -0.298. The van der Waals surface area contributed by atoms with Gasteiger partial charge in [0.1, 0.15) is 17.5 Å². The number of hydrogen-bond acceptors (Lipinski definition) is 4. The van der Waals surface area contributed by atoms with E-state index in [0.29, 0.717) is 0 Å². The fourth-order valence-electron chi connectivity index (χ4n) is 1.30. The van der Waals surface area contributed by atoms with Crippen LogP contribution < -0.4 is 10.6 Å². The smallest absolute Gasteiger partial charge is 0.292 e. The molecule has 0 fully saturated rings. The van der Waals surface area contributed by atoms with Gasteiger partial charge in [-0.2, -0.15) is 0 Å². The third kappa shape index (κ3) is 3.13. The molecule has 1 aromatic rings. The number of nitrogens with one attached hydrogen (secondary N) is 2. The van der Waals surface area contributed by atoms with Crippen molar-refractivity contribution in [2.75, 3.05) is 12.4 Å². The summed E-state index contributed by atoms with van der Waals surface area (Å²) in [7, 11) is 1.44. The number of benzene rings is 1. The number of nitro benzene ring substituents is 1. The van der Waals surface area contributed by atoms with Gasteiger partial charge < -0.3 is 10.6 Å². The molecular formula is C10H12FN3O3. The molecular weight excluding hydrogens is 229 g/mol. The Kier molecular flexibility index (Phi) is 3.97. The van der Waals surface area contributed by atoms with E-state index in [1.165, 1.54) is 14.0 Å². The molecule has 1 unspecified atom stereocenters. The predicted octanol–water partition coefficient (Wildman–Crippen LogP) is 1.28. The second-order valence-electron chi connectivity index (χ2n) is 3.40. The highest BCUT2D eigenvalue weighted by Crippen LogP contribution is 2.25. The van der Waals surface area contributed by atoms with Gasteiger partial charge in [0.05, 0.1) is 4.92 Å². The third-order valence-corrected chi connectivity index (χ3v) is 2.17. The molecule has 0 aliphatic carbocycles. The summed E-state index contributed by atoms with van der Waals surface area (Å²) in [6, 6.07) is 2.33. The predicted molar refractivity (Wildman–Crippen MR) is 60.2 cm³/mol. The van der Waals surface area contributed by atoms with Crippen molar-refractivity contribution in [1.82, 2.24) is 5.32 Å². The van der Waals surface area contributed by atoms with E-state index in [4.69, 9.17) is 0 Å². The van der Waals surface area contributed by atoms with E-state index in [1.54, 1.807) is 0 Å². The van der Waals surface area contributed by atoms with E-state index in [9.17, 15) is 19.3 Å². The van der Waals surface area contributed by atoms with Crippen LogP contribution in [0.15, 0.2) is 18.2 Å². The Labute approximate surface area is 97.0 Å². The summed E-state index contributed by atoms with van der Waals surface area (Å²) in [5.74, 6) is -0.953. The molecule has 0 heterocycles. The van der Waals surface area contributed by atoms with Crippen LogP contribution in [-0.2, 0) is 4.79 Å². The van der Waals surface area contributed by atoms with Crippen LogP contribution in [0.25, 0.3) is 0 Å². The van der Waals surface area contributed by atoms with E-state index in [2.05, 4.69) is 10.6 Å². The first-order chi connectivity index (χ1) is 7.95. The molecule has 0 radical (unpaired) electrons. The van der Waals surface area contributed by atoms with Crippen molar-refractivity contribution in [3.05, 3.63) is 34.1 Å². The molecule has 17 heavy (non-hydrogen) atoms. The van der Waals surface area contributed by atoms with Crippen molar-refractivity contribution in [2.45, 2.75) is 13.0 Å². The molecule has 0 aromatic heterocycles. The highest BCUT2D eigenvalue weighted by atomic mass is 19.1. The van der Waals surface area contributed by atoms with Crippen molar-refractivity contribution in [1.29, 1.82) is 0 Å². The first kappa shape index (κ1) is 12.9. The maximum atomic E-state index is 13.0. The van der Waals surface area contributed by atoms with Gasteiger partial charge in [0.25, 0.3) is 5.69 Å². The SMILES string of the molecule is CNC(=O)C(C)Nc1cc(F)ccc1[N+](=O)[O-]. The first-order valence-electron chi connectivity index (χ1n) is 4.87. The zero-order valence-corrected chi connectivity index (χ0v) is 9.36. The van der Waals surface area contributed by atoms with Gasteiger partial charge in [-0.25, -0.2) is 4.39 Å². The first-order valence-corrected chi connectivity index (χ1v) is 4.87. The molecule has 2 N–H and O–H groups in total. The Morgan fingerprint density at radius 2 is 2.18 bits per heavy atom. The molecule has 1 rings (SSSR count). The number of likely N-dealkylation sites (N-methyl/N-ethyl adjacent to an activating group) is 1. The zero-order valence-electron chi connectivity index (χ0n) is 9.36. The van der Waals surface area contributed by atoms with Gasteiger partial charge >= 0.3 is 0 Å². The molecule has 1 amide bonds. The van der Waals surface area contributed by atoms with Crippen LogP contribution in [0.1, 0.15) is 6.92 Å². The Morgan fingerprint density at radius 1 is 1.53 bits per heavy atom. The molecule has 0 spiro atoms. The van der Waals surface area contributed by atoms with Gasteiger partial charge in [-0.05, 0) is 13.0 Å². The molecule has 0 aliphatic heterocycles. The van der Waals surface area contributed by atoms with Crippen LogP contribution in [-0.4, -0.2) is 23.9 Å². The topological polar surface area (TPSA) is 84.3 Å². The summed E-state index contributed by atoms with van der Waals surface area (Å²) < 4.78 is 13.0. The molecule has 7 heteroatoms. The standard InChI is InChI=1S/C10H12FN3O3/c1-6(10(15)12-2)13-8-5-7(11)3-4-9(8)14(16)17/h3-6,13H,1-2H3,(H,12,15). The van der Waals surface area contributed by atoms with Crippen LogP contribution in [0.3, 0.4) is 0 Å². The number of carbonyl (C=O) groups is 1. The highest BCUT2D eigenvalue weighted by Gasteiger charge is 2.18. The molecule has 0 aliphatic rings. The minimum Gasteiger partial charge on any atom is -0.368 e. The largest absolute Gasteiger partial charge is 0.368 e. The number of carbonyl (C=O) groups excluding carboxylic acids is 1. The Morgan fingerprint density at radius 3 is 2.71 bits per heavy atom. The van der Waals surface area contributed by atoms with E-state index in [-0.39, 0.29) is 17.3 Å². The lowest BCUT2D eigenvalue weighted by Crippen LogP contribution is -2.35. The highest BCUT2D eigenvalue weighted by molar-refractivity contribution is 5.84. The van der Waals surface area contributed by atoms with Gasteiger partial charge in [0.2, 0.25) is 5.91 Å². The van der Waals surface area contributed by atoms with Crippen LogP contribution in [0.4, 0.5) is 15.8 Å². The number of halogens is 1. The molecule has 92 valence electrons. The number of hydrogen-bond donors (Lipinski definition) is 2. The molecule has 6 nitrogen and oxygen atoms in total. The van der Waals surface area contributed by atoms with Crippen molar-refractivity contribution in [3.63, 3.8) is 0 Å². The fourth-order valence-corrected chi connectivity index (χ4v) is 1.30. The normalized spacial score (nSPS) is 11.7. The van der Waals surface area contributed by atoms with Crippen molar-refractivity contribution in [2.24, 2.45) is 0 Å². The van der Waals surface area contributed by atoms with E-state index >= 15 is 0 Å². The minimum atomic E-state index is -0.694. The Balaban J connectivity index is 3.00. The minimum absolute atomic E-state index is 0.0221. The second kappa shape index (κ2) is 5.24. The summed E-state index contributed by atoms with van der Waals surface area (Å²) >= 11 is 0. The number of anilines is 1. The van der Waals surface area contributed by atoms with Crippen molar-refractivity contribution >= 4 is 17.3 Å². The van der Waals surface area contributed by atoms with E-state index < -0.39 is 16.8 Å². The molecule has 1 aromatic carbocycles. The Hall–Kier alpha value is -2.18. The molecule has 1 atom stereocenters. The maximum Gasteiger partial charge on any atom is 0.292 e. The second-order valence-corrected chi connectivity index (χ2v) is 3.40. The van der Waals surface area contributed by atoms with Crippen molar-refractivity contribution < 1.29 is 14.1 Å². The van der Waals surface area contributed by atoms with Gasteiger partial charge in [-0.1, -0.05) is 0 Å². The molecule has 0 bridgehead atoms. The Bertz CT molecular complexity index is 450. The summed E-state index contributed by atoms with van der Waals surface area (Å²) in [6.45, 7) is 1.52. The van der Waals surface area contributed by atoms with Gasteiger partial charge in [0, 0.05) is 19.2 Å². The van der Waals surface area contributed by atoms with Crippen LogP contribution in [0, 0.1) is 15.9 Å². The fraction of sp³-hybridized carbons (Fsp3) is 0.300. The third-order valence-electron chi connectivity index (χ3n) is 2.17. The average molecular weight is 241 g/mol. The van der Waals surface area contributed by atoms with Gasteiger partial charge in [-0.15, -0.1) is 0 Å². The van der Waals surface area contributed by atoms with E-state index in [0.717, 1.165) is 18.2 Å². The number of nitro groups is 1. The lowest BCUT2D eigenvalue weighted by atomic mass is 10.2. The van der Waals surface area contributed by atoms with Crippen molar-refractivity contribution in [3.8, 4) is 0 Å². The summed E-state index contributed by atoms with van der Waals surface area (Å²) in [4.78, 5) is 21.3. The quantitative estimate of drug-likeness (QED) is 0.614. The molecule has 0 saturated heterocycles. The maximum absolute atomic E-state index is 13.0. The summed E-state index contributed by atoms with van der Waals surface area (Å²) in [5, 5.41) is 15.7. The van der Waals surface area contributed by atoms with E-state index in [1.807, 2.05) is 0 Å². The van der Waals surface area contributed by atoms with Crippen LogP contribution in [0.5, 0.6) is 0 Å². The number of rotatable bonds is 4. The van der Waals surface area contributed by atoms with Gasteiger partial charge in [-0.3, -0.25) is 14.9 Å². The van der Waals surface area contributed by atoms with Crippen LogP contribution >= 0.6 is 0 Å². The average Bonchev–Trinajstić information content (AvgIpc) is 2.27. The monoisotopic (exact) mass is 241 g/mol. The number of amides is 1. The molecule has 0 saturated carbocycles.